The molecule has 1 aromatic carbocycles. The lowest BCUT2D eigenvalue weighted by atomic mass is 10.1. The molecule has 0 aliphatic carbocycles. The van der Waals surface area contributed by atoms with Gasteiger partial charge >= 0.3 is 0 Å². The molecular formula is C14H17OS. The van der Waals surface area contributed by atoms with Crippen LogP contribution in [0.15, 0.2) is 29.6 Å². The lowest BCUT2D eigenvalue weighted by Gasteiger charge is -2.03. The van der Waals surface area contributed by atoms with Crippen molar-refractivity contribution in [3.05, 3.63) is 42.1 Å². The van der Waals surface area contributed by atoms with Crippen molar-refractivity contribution in [2.45, 2.75) is 19.3 Å². The predicted molar refractivity (Wildman–Crippen MR) is 70.9 cm³/mol. The second-order valence-corrected chi connectivity index (χ2v) is 4.81. The number of rotatable bonds is 6. The normalized spacial score (nSPS) is 11.1. The monoisotopic (exact) mass is 233 g/mol. The van der Waals surface area contributed by atoms with Gasteiger partial charge in [0.2, 0.25) is 0 Å². The van der Waals surface area contributed by atoms with Gasteiger partial charge in [0.1, 0.15) is 0 Å². The lowest BCUT2D eigenvalue weighted by Crippen LogP contribution is -1.97. The molecular weight excluding hydrogens is 216 g/mol. The van der Waals surface area contributed by atoms with Gasteiger partial charge in [-0.15, -0.1) is 11.3 Å². The van der Waals surface area contributed by atoms with Crippen molar-refractivity contribution in [2.75, 3.05) is 13.2 Å². The Hall–Kier alpha value is -0.860. The van der Waals surface area contributed by atoms with Gasteiger partial charge in [-0.2, -0.15) is 0 Å². The number of aryl methyl sites for hydroxylation is 1. The van der Waals surface area contributed by atoms with Crippen LogP contribution < -0.4 is 0 Å². The Morgan fingerprint density at radius 3 is 3.00 bits per heavy atom. The minimum absolute atomic E-state index is 0.782. The van der Waals surface area contributed by atoms with Crippen LogP contribution in [0, 0.1) is 6.92 Å². The Kier molecular flexibility index (Phi) is 4.37. The van der Waals surface area contributed by atoms with Gasteiger partial charge in [-0.25, -0.2) is 0 Å². The Morgan fingerprint density at radius 1 is 1.19 bits per heavy atom. The van der Waals surface area contributed by atoms with Gasteiger partial charge in [-0.05, 0) is 47.7 Å². The summed E-state index contributed by atoms with van der Waals surface area (Å²) < 4.78 is 6.80. The van der Waals surface area contributed by atoms with Crippen LogP contribution in [-0.4, -0.2) is 13.2 Å². The Morgan fingerprint density at radius 2 is 2.12 bits per heavy atom. The quantitative estimate of drug-likeness (QED) is 0.683. The molecule has 0 unspecified atom stereocenters. The van der Waals surface area contributed by atoms with Gasteiger partial charge in [0.25, 0.3) is 0 Å². The number of hydrogen-bond acceptors (Lipinski definition) is 2. The van der Waals surface area contributed by atoms with Crippen LogP contribution in [0.4, 0.5) is 0 Å². The molecule has 0 aliphatic rings. The zero-order valence-electron chi connectivity index (χ0n) is 9.45. The van der Waals surface area contributed by atoms with Crippen molar-refractivity contribution in [1.82, 2.24) is 0 Å². The predicted octanol–water partition coefficient (Wildman–Crippen LogP) is 4.07. The molecule has 1 nitrogen and oxygen atoms in total. The van der Waals surface area contributed by atoms with Gasteiger partial charge in [-0.3, -0.25) is 0 Å². The van der Waals surface area contributed by atoms with Crippen LogP contribution >= 0.6 is 11.3 Å². The molecule has 2 aromatic rings. The molecule has 1 heterocycles. The first kappa shape index (κ1) is 11.6. The van der Waals surface area contributed by atoms with Crippen LogP contribution in [0.5, 0.6) is 0 Å². The zero-order chi connectivity index (χ0) is 11.2. The molecule has 1 radical (unpaired) electrons. The third-order valence-electron chi connectivity index (χ3n) is 2.56. The summed E-state index contributed by atoms with van der Waals surface area (Å²) in [6.07, 6.45) is 3.06. The molecule has 0 amide bonds. The third-order valence-corrected chi connectivity index (χ3v) is 3.44. The molecule has 2 heteroatoms. The molecule has 0 N–H and O–H groups in total. The fourth-order valence-corrected chi connectivity index (χ4v) is 2.59. The Bertz CT molecular complexity index is 433. The van der Waals surface area contributed by atoms with E-state index in [0.717, 1.165) is 32.5 Å². The van der Waals surface area contributed by atoms with Gasteiger partial charge in [-0.1, -0.05) is 19.1 Å². The molecule has 0 atom stereocenters. The van der Waals surface area contributed by atoms with Crippen molar-refractivity contribution in [2.24, 2.45) is 0 Å². The molecule has 0 fully saturated rings. The van der Waals surface area contributed by atoms with Gasteiger partial charge < -0.3 is 4.74 Å². The van der Waals surface area contributed by atoms with Crippen LogP contribution in [0.2, 0.25) is 0 Å². The summed E-state index contributed by atoms with van der Waals surface area (Å²) in [5.74, 6) is 0. The summed E-state index contributed by atoms with van der Waals surface area (Å²) in [5.41, 5.74) is 1.41. The fourth-order valence-electron chi connectivity index (χ4n) is 1.74. The van der Waals surface area contributed by atoms with E-state index in [4.69, 9.17) is 4.74 Å². The largest absolute Gasteiger partial charge is 0.381 e. The van der Waals surface area contributed by atoms with Crippen molar-refractivity contribution in [3.63, 3.8) is 0 Å². The van der Waals surface area contributed by atoms with Crippen molar-refractivity contribution >= 4 is 21.4 Å². The summed E-state index contributed by atoms with van der Waals surface area (Å²) in [7, 11) is 0. The average molecular weight is 233 g/mol. The first-order chi connectivity index (χ1) is 7.90. The Labute approximate surface area is 101 Å². The highest BCUT2D eigenvalue weighted by Crippen LogP contribution is 2.22. The van der Waals surface area contributed by atoms with Crippen LogP contribution in [-0.2, 0) is 11.2 Å². The first-order valence-electron chi connectivity index (χ1n) is 5.73. The van der Waals surface area contributed by atoms with Crippen LogP contribution in [0.1, 0.15) is 18.4 Å². The summed E-state index contributed by atoms with van der Waals surface area (Å²) in [6.45, 7) is 5.37. The van der Waals surface area contributed by atoms with E-state index in [0.29, 0.717) is 0 Å². The lowest BCUT2D eigenvalue weighted by molar-refractivity contribution is 0.136. The summed E-state index contributed by atoms with van der Waals surface area (Å²) in [5, 5.41) is 3.49. The number of fused-ring (bicyclic) bond motifs is 1. The molecule has 1 aromatic heterocycles. The summed E-state index contributed by atoms with van der Waals surface area (Å²) in [4.78, 5) is 0. The smallest absolute Gasteiger partial charge is 0.0469 e. The maximum Gasteiger partial charge on any atom is 0.0469 e. The van der Waals surface area contributed by atoms with E-state index in [1.165, 1.54) is 15.6 Å². The topological polar surface area (TPSA) is 9.23 Å². The van der Waals surface area contributed by atoms with E-state index < -0.39 is 0 Å². The second kappa shape index (κ2) is 6.02. The maximum absolute atomic E-state index is 5.42. The van der Waals surface area contributed by atoms with Crippen molar-refractivity contribution in [1.29, 1.82) is 0 Å². The highest BCUT2D eigenvalue weighted by Gasteiger charge is 1.98. The average Bonchev–Trinajstić information content (AvgIpc) is 2.76. The SMILES string of the molecule is [CH2]CCOCCCc1ccc2ccsc2c1. The molecule has 0 saturated heterocycles. The fraction of sp³-hybridized carbons (Fsp3) is 0.357. The minimum Gasteiger partial charge on any atom is -0.381 e. The minimum atomic E-state index is 0.782. The van der Waals surface area contributed by atoms with Gasteiger partial charge in [0, 0.05) is 17.9 Å². The number of ether oxygens (including phenoxy) is 1. The Balaban J connectivity index is 1.84. The van der Waals surface area contributed by atoms with E-state index >= 15 is 0 Å². The third kappa shape index (κ3) is 3.06. The number of thiophene rings is 1. The molecule has 0 spiro atoms. The maximum atomic E-state index is 5.42. The van der Waals surface area contributed by atoms with E-state index in [-0.39, 0.29) is 0 Å². The van der Waals surface area contributed by atoms with Crippen molar-refractivity contribution < 1.29 is 4.74 Å². The molecule has 16 heavy (non-hydrogen) atoms. The molecule has 2 rings (SSSR count). The van der Waals surface area contributed by atoms with Crippen LogP contribution in [0.3, 0.4) is 0 Å². The molecule has 0 saturated carbocycles. The second-order valence-electron chi connectivity index (χ2n) is 3.86. The molecule has 0 aliphatic heterocycles. The molecule has 0 bridgehead atoms. The zero-order valence-corrected chi connectivity index (χ0v) is 10.3. The van der Waals surface area contributed by atoms with Gasteiger partial charge in [0.15, 0.2) is 0 Å². The van der Waals surface area contributed by atoms with Crippen molar-refractivity contribution in [3.8, 4) is 0 Å². The van der Waals surface area contributed by atoms with Crippen LogP contribution in [0.25, 0.3) is 10.1 Å². The van der Waals surface area contributed by atoms with E-state index in [1.807, 2.05) is 11.3 Å². The standard InChI is InChI=1S/C14H17OS/c1-2-8-15-9-3-4-12-5-6-13-7-10-16-14(13)11-12/h5-7,10-11H,1-4,8-9H2. The van der Waals surface area contributed by atoms with E-state index in [9.17, 15) is 0 Å². The summed E-state index contributed by atoms with van der Waals surface area (Å²) >= 11 is 1.81. The molecule has 85 valence electrons. The van der Waals surface area contributed by atoms with E-state index in [2.05, 4.69) is 36.6 Å². The highest BCUT2D eigenvalue weighted by molar-refractivity contribution is 7.17. The highest BCUT2D eigenvalue weighted by atomic mass is 32.1. The van der Waals surface area contributed by atoms with E-state index in [1.54, 1.807) is 0 Å². The first-order valence-corrected chi connectivity index (χ1v) is 6.61. The number of benzene rings is 1. The van der Waals surface area contributed by atoms with Gasteiger partial charge in [0.05, 0.1) is 0 Å². The number of hydrogen-bond donors (Lipinski definition) is 0. The summed E-state index contributed by atoms with van der Waals surface area (Å²) in [6, 6.07) is 8.89.